The average Bonchev–Trinajstić information content (AvgIpc) is 2.99. The van der Waals surface area contributed by atoms with Crippen LogP contribution in [-0.4, -0.2) is 35.2 Å². The maximum absolute atomic E-state index is 12.0. The van der Waals surface area contributed by atoms with Crippen LogP contribution in [0, 0.1) is 0 Å². The normalized spacial score (nSPS) is 13.5. The Morgan fingerprint density at radius 1 is 1.25 bits per heavy atom. The Hall–Kier alpha value is -3.09. The summed E-state index contributed by atoms with van der Waals surface area (Å²) >= 11 is 0. The van der Waals surface area contributed by atoms with Crippen molar-refractivity contribution in [3.05, 3.63) is 59.9 Å². The first kappa shape index (κ1) is 15.8. The minimum Gasteiger partial charge on any atom is -0.448 e. The fraction of sp³-hybridized carbons (Fsp3) is 0.235. The Balaban J connectivity index is 1.54. The second kappa shape index (κ2) is 7.45. The van der Waals surface area contributed by atoms with Crippen molar-refractivity contribution in [2.75, 3.05) is 18.5 Å². The molecule has 2 N–H and O–H groups in total. The molecular formula is C17H18N4O3. The summed E-state index contributed by atoms with van der Waals surface area (Å²) in [5.41, 5.74) is 2.38. The number of cyclic esters (lactones) is 1. The van der Waals surface area contributed by atoms with E-state index in [-0.39, 0.29) is 12.1 Å². The lowest BCUT2D eigenvalue weighted by Gasteiger charge is -2.13. The van der Waals surface area contributed by atoms with Gasteiger partial charge >= 0.3 is 12.1 Å². The minimum absolute atomic E-state index is 0.304. The number of carbonyl (C=O) groups is 2. The molecule has 0 saturated carbocycles. The number of nitrogens with zero attached hydrogens (tertiary/aromatic N) is 2. The number of rotatable bonds is 5. The highest BCUT2D eigenvalue weighted by molar-refractivity contribution is 5.89. The second-order valence-electron chi connectivity index (χ2n) is 5.37. The van der Waals surface area contributed by atoms with Crippen LogP contribution in [0.4, 0.5) is 15.3 Å². The third-order valence-electron chi connectivity index (χ3n) is 3.56. The van der Waals surface area contributed by atoms with Gasteiger partial charge in [0, 0.05) is 18.4 Å². The predicted octanol–water partition coefficient (Wildman–Crippen LogP) is 2.36. The van der Waals surface area contributed by atoms with Gasteiger partial charge in [0.05, 0.1) is 18.8 Å². The summed E-state index contributed by atoms with van der Waals surface area (Å²) in [6, 6.07) is 12.6. The fourth-order valence-corrected chi connectivity index (χ4v) is 2.39. The number of ether oxygens (including phenoxy) is 1. The molecule has 3 rings (SSSR count). The summed E-state index contributed by atoms with van der Waals surface area (Å²) in [7, 11) is 0. The lowest BCUT2D eigenvalue weighted by atomic mass is 10.2. The number of amides is 3. The van der Waals surface area contributed by atoms with E-state index >= 15 is 0 Å². The molecular weight excluding hydrogens is 308 g/mol. The topological polar surface area (TPSA) is 83.6 Å². The zero-order valence-corrected chi connectivity index (χ0v) is 13.1. The van der Waals surface area contributed by atoms with Crippen LogP contribution in [-0.2, 0) is 17.8 Å². The number of benzene rings is 1. The van der Waals surface area contributed by atoms with Crippen LogP contribution in [0.3, 0.4) is 0 Å². The molecule has 1 aliphatic heterocycles. The summed E-state index contributed by atoms with van der Waals surface area (Å²) in [6.45, 7) is 1.82. The summed E-state index contributed by atoms with van der Waals surface area (Å²) in [5, 5.41) is 5.53. The molecule has 7 nitrogen and oxygen atoms in total. The Morgan fingerprint density at radius 3 is 2.92 bits per heavy atom. The van der Waals surface area contributed by atoms with E-state index in [1.54, 1.807) is 17.2 Å². The number of hydrogen-bond donors (Lipinski definition) is 2. The van der Waals surface area contributed by atoms with Crippen molar-refractivity contribution in [1.29, 1.82) is 0 Å². The number of anilines is 1. The van der Waals surface area contributed by atoms with E-state index < -0.39 is 0 Å². The Kier molecular flexibility index (Phi) is 4.90. The van der Waals surface area contributed by atoms with Crippen molar-refractivity contribution in [2.45, 2.75) is 13.1 Å². The molecule has 2 aromatic rings. The molecule has 0 spiro atoms. The lowest BCUT2D eigenvalue weighted by molar-refractivity contribution is 0.157. The van der Waals surface area contributed by atoms with Gasteiger partial charge in [-0.25, -0.2) is 9.59 Å². The zero-order chi connectivity index (χ0) is 16.8. The predicted molar refractivity (Wildman–Crippen MR) is 88.3 cm³/mol. The van der Waals surface area contributed by atoms with E-state index in [4.69, 9.17) is 4.74 Å². The van der Waals surface area contributed by atoms with Crippen molar-refractivity contribution in [3.63, 3.8) is 0 Å². The van der Waals surface area contributed by atoms with Gasteiger partial charge in [0.2, 0.25) is 0 Å². The van der Waals surface area contributed by atoms with E-state index in [0.29, 0.717) is 31.9 Å². The van der Waals surface area contributed by atoms with Crippen LogP contribution >= 0.6 is 0 Å². The van der Waals surface area contributed by atoms with Crippen LogP contribution < -0.4 is 10.6 Å². The maximum atomic E-state index is 12.0. The summed E-state index contributed by atoms with van der Waals surface area (Å²) in [5.74, 6) is 0. The van der Waals surface area contributed by atoms with E-state index in [1.807, 2.05) is 36.4 Å². The number of pyridine rings is 1. The fourth-order valence-electron chi connectivity index (χ4n) is 2.39. The highest BCUT2D eigenvalue weighted by Gasteiger charge is 2.21. The van der Waals surface area contributed by atoms with Gasteiger partial charge in [0.1, 0.15) is 6.61 Å². The van der Waals surface area contributed by atoms with Crippen LogP contribution in [0.25, 0.3) is 0 Å². The molecule has 1 saturated heterocycles. The molecule has 1 fully saturated rings. The van der Waals surface area contributed by atoms with Crippen LogP contribution in [0.2, 0.25) is 0 Å². The van der Waals surface area contributed by atoms with Crippen LogP contribution in [0.15, 0.2) is 48.7 Å². The SMILES string of the molecule is O=C(NCc1ccccn1)Nc1cccc(CN2CCOC2=O)c1. The molecule has 1 aromatic heterocycles. The summed E-state index contributed by atoms with van der Waals surface area (Å²) < 4.78 is 4.91. The van der Waals surface area contributed by atoms with Crippen molar-refractivity contribution >= 4 is 17.8 Å². The van der Waals surface area contributed by atoms with Gasteiger partial charge in [-0.05, 0) is 29.8 Å². The Bertz CT molecular complexity index is 721. The molecule has 124 valence electrons. The van der Waals surface area contributed by atoms with Crippen molar-refractivity contribution in [3.8, 4) is 0 Å². The molecule has 0 aliphatic carbocycles. The van der Waals surface area contributed by atoms with Gasteiger partial charge in [-0.15, -0.1) is 0 Å². The van der Waals surface area contributed by atoms with Crippen LogP contribution in [0.5, 0.6) is 0 Å². The molecule has 1 aromatic carbocycles. The van der Waals surface area contributed by atoms with E-state index in [1.165, 1.54) is 0 Å². The zero-order valence-electron chi connectivity index (χ0n) is 13.1. The molecule has 7 heteroatoms. The largest absolute Gasteiger partial charge is 0.448 e. The van der Waals surface area contributed by atoms with E-state index in [0.717, 1.165) is 11.3 Å². The third-order valence-corrected chi connectivity index (χ3v) is 3.56. The molecule has 24 heavy (non-hydrogen) atoms. The third kappa shape index (κ3) is 4.22. The molecule has 0 atom stereocenters. The Morgan fingerprint density at radius 2 is 2.17 bits per heavy atom. The summed E-state index contributed by atoms with van der Waals surface area (Å²) in [4.78, 5) is 29.2. The smallest absolute Gasteiger partial charge is 0.410 e. The molecule has 0 radical (unpaired) electrons. The second-order valence-corrected chi connectivity index (χ2v) is 5.37. The average molecular weight is 326 g/mol. The monoisotopic (exact) mass is 326 g/mol. The highest BCUT2D eigenvalue weighted by Crippen LogP contribution is 2.15. The molecule has 1 aliphatic rings. The van der Waals surface area contributed by atoms with Gasteiger partial charge < -0.3 is 20.3 Å². The van der Waals surface area contributed by atoms with Gasteiger partial charge in [-0.1, -0.05) is 18.2 Å². The van der Waals surface area contributed by atoms with E-state index in [2.05, 4.69) is 15.6 Å². The quantitative estimate of drug-likeness (QED) is 0.883. The lowest BCUT2D eigenvalue weighted by Crippen LogP contribution is -2.28. The number of nitrogens with one attached hydrogen (secondary N) is 2. The first-order chi connectivity index (χ1) is 11.7. The standard InChI is InChI=1S/C17H18N4O3/c22-16(19-11-15-5-1-2-7-18-15)20-14-6-3-4-13(10-14)12-21-8-9-24-17(21)23/h1-7,10H,8-9,11-12H2,(H2,19,20,22). The first-order valence-electron chi connectivity index (χ1n) is 7.66. The van der Waals surface area contributed by atoms with Gasteiger partial charge in [0.25, 0.3) is 0 Å². The maximum Gasteiger partial charge on any atom is 0.410 e. The summed E-state index contributed by atoms with van der Waals surface area (Å²) in [6.07, 6.45) is 1.38. The number of aromatic nitrogens is 1. The van der Waals surface area contributed by atoms with Crippen molar-refractivity contribution in [1.82, 2.24) is 15.2 Å². The molecule has 2 heterocycles. The number of urea groups is 1. The van der Waals surface area contributed by atoms with E-state index in [9.17, 15) is 9.59 Å². The highest BCUT2D eigenvalue weighted by atomic mass is 16.6. The van der Waals surface area contributed by atoms with Crippen molar-refractivity contribution in [2.24, 2.45) is 0 Å². The number of carbonyl (C=O) groups excluding carboxylic acids is 2. The van der Waals surface area contributed by atoms with Gasteiger partial charge in [-0.3, -0.25) is 4.98 Å². The molecule has 3 amide bonds. The van der Waals surface area contributed by atoms with Gasteiger partial charge in [0.15, 0.2) is 0 Å². The van der Waals surface area contributed by atoms with Gasteiger partial charge in [-0.2, -0.15) is 0 Å². The minimum atomic E-state index is -0.307. The molecule has 0 unspecified atom stereocenters. The first-order valence-corrected chi connectivity index (χ1v) is 7.66. The Labute approximate surface area is 139 Å². The molecule has 0 bridgehead atoms. The number of hydrogen-bond acceptors (Lipinski definition) is 4. The van der Waals surface area contributed by atoms with Crippen molar-refractivity contribution < 1.29 is 14.3 Å². The van der Waals surface area contributed by atoms with Crippen LogP contribution in [0.1, 0.15) is 11.3 Å².